The molecule has 0 aliphatic heterocycles. The lowest BCUT2D eigenvalue weighted by Gasteiger charge is -2.23. The van der Waals surface area contributed by atoms with Crippen LogP contribution in [0.2, 0.25) is 0 Å². The first-order chi connectivity index (χ1) is 9.72. The van der Waals surface area contributed by atoms with Crippen molar-refractivity contribution >= 4 is 5.91 Å². The second kappa shape index (κ2) is 5.92. The Morgan fingerprint density at radius 2 is 1.90 bits per heavy atom. The molecule has 2 aliphatic carbocycles. The van der Waals surface area contributed by atoms with Gasteiger partial charge in [0.2, 0.25) is 5.91 Å². The van der Waals surface area contributed by atoms with E-state index in [0.29, 0.717) is 19.1 Å². The molecule has 20 heavy (non-hydrogen) atoms. The molecule has 1 N–H and O–H groups in total. The molecule has 108 valence electrons. The Morgan fingerprint density at radius 3 is 2.50 bits per heavy atom. The summed E-state index contributed by atoms with van der Waals surface area (Å²) >= 11 is 0. The SMILES string of the molecule is O=C(CNCC1CC1)N(Cc1ccc(F)cc1)C1CC1. The smallest absolute Gasteiger partial charge is 0.237 e. The molecular weight excluding hydrogens is 255 g/mol. The van der Waals surface area contributed by atoms with Crippen molar-refractivity contribution in [2.24, 2.45) is 5.92 Å². The molecule has 0 radical (unpaired) electrons. The van der Waals surface area contributed by atoms with Gasteiger partial charge in [0.15, 0.2) is 0 Å². The van der Waals surface area contributed by atoms with Crippen LogP contribution in [0.4, 0.5) is 4.39 Å². The highest BCUT2D eigenvalue weighted by molar-refractivity contribution is 5.79. The third-order valence-electron chi connectivity index (χ3n) is 3.98. The van der Waals surface area contributed by atoms with Crippen LogP contribution in [0.3, 0.4) is 0 Å². The molecule has 3 nitrogen and oxygen atoms in total. The lowest BCUT2D eigenvalue weighted by Crippen LogP contribution is -2.39. The van der Waals surface area contributed by atoms with E-state index < -0.39 is 0 Å². The first-order valence-electron chi connectivity index (χ1n) is 7.47. The standard InChI is InChI=1S/C16H21FN2O/c17-14-5-3-13(4-6-14)11-19(15-7-8-15)16(20)10-18-9-12-1-2-12/h3-6,12,15,18H,1-2,7-11H2. The maximum Gasteiger partial charge on any atom is 0.237 e. The summed E-state index contributed by atoms with van der Waals surface area (Å²) in [5.74, 6) is 0.718. The normalized spacial score (nSPS) is 18.1. The van der Waals surface area contributed by atoms with Gasteiger partial charge in [0.25, 0.3) is 0 Å². The minimum atomic E-state index is -0.232. The molecule has 0 bridgehead atoms. The molecule has 4 heteroatoms. The number of benzene rings is 1. The molecule has 1 amide bonds. The third-order valence-corrected chi connectivity index (χ3v) is 3.98. The number of nitrogens with one attached hydrogen (secondary N) is 1. The van der Waals surface area contributed by atoms with Crippen LogP contribution in [0.1, 0.15) is 31.2 Å². The zero-order valence-electron chi connectivity index (χ0n) is 11.6. The molecule has 0 heterocycles. The number of amides is 1. The quantitative estimate of drug-likeness (QED) is 0.829. The molecule has 0 saturated heterocycles. The third kappa shape index (κ3) is 3.79. The number of hydrogen-bond donors (Lipinski definition) is 1. The molecule has 0 aromatic heterocycles. The highest BCUT2D eigenvalue weighted by atomic mass is 19.1. The molecule has 2 fully saturated rings. The Labute approximate surface area is 119 Å². The molecule has 1 aromatic carbocycles. The summed E-state index contributed by atoms with van der Waals surface area (Å²) in [4.78, 5) is 14.2. The van der Waals surface area contributed by atoms with Crippen molar-refractivity contribution in [3.8, 4) is 0 Å². The minimum absolute atomic E-state index is 0.164. The average molecular weight is 276 g/mol. The van der Waals surface area contributed by atoms with Gasteiger partial charge in [-0.05, 0) is 55.8 Å². The van der Waals surface area contributed by atoms with Crippen molar-refractivity contribution in [1.82, 2.24) is 10.2 Å². The monoisotopic (exact) mass is 276 g/mol. The lowest BCUT2D eigenvalue weighted by molar-refractivity contribution is -0.131. The van der Waals surface area contributed by atoms with E-state index in [0.717, 1.165) is 30.9 Å². The first-order valence-corrected chi connectivity index (χ1v) is 7.47. The number of hydrogen-bond acceptors (Lipinski definition) is 2. The second-order valence-corrected chi connectivity index (χ2v) is 5.95. The van der Waals surface area contributed by atoms with E-state index in [1.807, 2.05) is 4.90 Å². The zero-order valence-corrected chi connectivity index (χ0v) is 11.6. The molecule has 3 rings (SSSR count). The van der Waals surface area contributed by atoms with Crippen LogP contribution >= 0.6 is 0 Å². The van der Waals surface area contributed by atoms with Crippen LogP contribution in [0.15, 0.2) is 24.3 Å². The number of rotatable bonds is 7. The molecule has 0 unspecified atom stereocenters. The Hall–Kier alpha value is -1.42. The van der Waals surface area contributed by atoms with Crippen molar-refractivity contribution < 1.29 is 9.18 Å². The summed E-state index contributed by atoms with van der Waals surface area (Å²) in [5, 5.41) is 3.25. The summed E-state index contributed by atoms with van der Waals surface area (Å²) in [6, 6.07) is 6.81. The molecular formula is C16H21FN2O. The number of halogens is 1. The number of carbonyl (C=O) groups is 1. The van der Waals surface area contributed by atoms with Gasteiger partial charge in [0.05, 0.1) is 6.54 Å². The summed E-state index contributed by atoms with van der Waals surface area (Å²) in [6.45, 7) is 1.98. The summed E-state index contributed by atoms with van der Waals surface area (Å²) in [5.41, 5.74) is 0.994. The van der Waals surface area contributed by atoms with E-state index in [-0.39, 0.29) is 11.7 Å². The van der Waals surface area contributed by atoms with E-state index in [9.17, 15) is 9.18 Å². The summed E-state index contributed by atoms with van der Waals surface area (Å²) in [6.07, 6.45) is 4.78. The van der Waals surface area contributed by atoms with E-state index in [2.05, 4.69) is 5.32 Å². The fraction of sp³-hybridized carbons (Fsp3) is 0.562. The summed E-state index contributed by atoms with van der Waals surface area (Å²) in [7, 11) is 0. The number of nitrogens with zero attached hydrogens (tertiary/aromatic N) is 1. The Balaban J connectivity index is 1.53. The first kappa shape index (κ1) is 13.6. The van der Waals surface area contributed by atoms with Gasteiger partial charge in [-0.25, -0.2) is 4.39 Å². The van der Waals surface area contributed by atoms with Crippen molar-refractivity contribution in [3.63, 3.8) is 0 Å². The van der Waals surface area contributed by atoms with E-state index in [4.69, 9.17) is 0 Å². The molecule has 2 saturated carbocycles. The Morgan fingerprint density at radius 1 is 1.20 bits per heavy atom. The highest BCUT2D eigenvalue weighted by Crippen LogP contribution is 2.29. The topological polar surface area (TPSA) is 32.3 Å². The van der Waals surface area contributed by atoms with Gasteiger partial charge >= 0.3 is 0 Å². The highest BCUT2D eigenvalue weighted by Gasteiger charge is 2.32. The van der Waals surface area contributed by atoms with Crippen LogP contribution in [-0.2, 0) is 11.3 Å². The van der Waals surface area contributed by atoms with E-state index in [1.54, 1.807) is 12.1 Å². The van der Waals surface area contributed by atoms with Crippen molar-refractivity contribution in [2.75, 3.05) is 13.1 Å². The molecule has 0 spiro atoms. The zero-order chi connectivity index (χ0) is 13.9. The van der Waals surface area contributed by atoms with Crippen LogP contribution in [0.5, 0.6) is 0 Å². The van der Waals surface area contributed by atoms with Gasteiger partial charge in [-0.2, -0.15) is 0 Å². The van der Waals surface area contributed by atoms with Gasteiger partial charge in [-0.1, -0.05) is 12.1 Å². The molecule has 1 aromatic rings. The van der Waals surface area contributed by atoms with Crippen LogP contribution in [-0.4, -0.2) is 29.9 Å². The Bertz CT molecular complexity index is 466. The lowest BCUT2D eigenvalue weighted by atomic mass is 10.2. The fourth-order valence-electron chi connectivity index (χ4n) is 2.40. The van der Waals surface area contributed by atoms with Crippen molar-refractivity contribution in [3.05, 3.63) is 35.6 Å². The van der Waals surface area contributed by atoms with Crippen LogP contribution in [0.25, 0.3) is 0 Å². The van der Waals surface area contributed by atoms with Crippen LogP contribution in [0, 0.1) is 11.7 Å². The fourth-order valence-corrected chi connectivity index (χ4v) is 2.40. The van der Waals surface area contributed by atoms with Gasteiger partial charge in [0.1, 0.15) is 5.82 Å². The Kier molecular flexibility index (Phi) is 4.01. The van der Waals surface area contributed by atoms with Gasteiger partial charge in [-0.15, -0.1) is 0 Å². The van der Waals surface area contributed by atoms with Gasteiger partial charge in [-0.3, -0.25) is 4.79 Å². The average Bonchev–Trinajstić information content (AvgIpc) is 3.31. The van der Waals surface area contributed by atoms with Crippen molar-refractivity contribution in [1.29, 1.82) is 0 Å². The van der Waals surface area contributed by atoms with Gasteiger partial charge < -0.3 is 10.2 Å². The van der Waals surface area contributed by atoms with E-state index in [1.165, 1.54) is 25.0 Å². The van der Waals surface area contributed by atoms with Crippen molar-refractivity contribution in [2.45, 2.75) is 38.3 Å². The maximum absolute atomic E-state index is 12.9. The largest absolute Gasteiger partial charge is 0.334 e. The van der Waals surface area contributed by atoms with Crippen LogP contribution < -0.4 is 5.32 Å². The predicted octanol–water partition coefficient (Wildman–Crippen LogP) is 2.32. The van der Waals surface area contributed by atoms with E-state index >= 15 is 0 Å². The summed E-state index contributed by atoms with van der Waals surface area (Å²) < 4.78 is 12.9. The molecule has 0 atom stereocenters. The maximum atomic E-state index is 12.9. The second-order valence-electron chi connectivity index (χ2n) is 5.95. The van der Waals surface area contributed by atoms with Gasteiger partial charge in [0, 0.05) is 12.6 Å². The predicted molar refractivity (Wildman–Crippen MR) is 75.6 cm³/mol. The minimum Gasteiger partial charge on any atom is -0.334 e. The molecule has 2 aliphatic rings. The number of carbonyl (C=O) groups excluding carboxylic acids is 1.